The van der Waals surface area contributed by atoms with E-state index in [1.807, 2.05) is 6.92 Å². The lowest BCUT2D eigenvalue weighted by molar-refractivity contribution is 0.588. The van der Waals surface area contributed by atoms with Gasteiger partial charge in [-0.05, 0) is 47.1 Å². The van der Waals surface area contributed by atoms with Gasteiger partial charge < -0.3 is 0 Å². The van der Waals surface area contributed by atoms with Crippen molar-refractivity contribution in [2.24, 2.45) is 0 Å². The summed E-state index contributed by atoms with van der Waals surface area (Å²) in [5.41, 5.74) is 1.21. The zero-order chi connectivity index (χ0) is 15.2. The third-order valence-corrected chi connectivity index (χ3v) is 5.19. The van der Waals surface area contributed by atoms with Gasteiger partial charge in [0.05, 0.1) is 6.27 Å². The predicted octanol–water partition coefficient (Wildman–Crippen LogP) is 3.34. The summed E-state index contributed by atoms with van der Waals surface area (Å²) < 4.78 is 35.0. The number of benzene rings is 1. The van der Waals surface area contributed by atoms with Crippen LogP contribution in [0.3, 0.4) is 0 Å². The molecule has 0 saturated heterocycles. The highest BCUT2D eigenvalue weighted by Crippen LogP contribution is 2.27. The number of aromatic nitrogens is 2. The Labute approximate surface area is 126 Å². The summed E-state index contributed by atoms with van der Waals surface area (Å²) in [6.45, 7) is 1.88. The molecule has 0 N–H and O–H groups in total. The molecular formula is C14H11BrN2O2S. The van der Waals surface area contributed by atoms with Crippen molar-refractivity contribution in [2.75, 3.05) is 0 Å². The first-order valence-corrected chi connectivity index (χ1v) is 8.10. The molecule has 0 spiro atoms. The monoisotopic (exact) mass is 351 g/mol. The largest absolute Gasteiger partial charge is 0.269 e. The Bertz CT molecular complexity index is 934. The van der Waals surface area contributed by atoms with Gasteiger partial charge in [0.1, 0.15) is 0 Å². The molecule has 0 aliphatic rings. The quantitative estimate of drug-likeness (QED) is 0.711. The molecule has 1 aromatic carbocycles. The highest BCUT2D eigenvalue weighted by atomic mass is 79.9. The van der Waals surface area contributed by atoms with Gasteiger partial charge in [-0.15, -0.1) is 0 Å². The summed E-state index contributed by atoms with van der Waals surface area (Å²) in [5, 5.41) is 0.596. The van der Waals surface area contributed by atoms with Crippen molar-refractivity contribution >= 4 is 37.0 Å². The smallest absolute Gasteiger partial charge is 0.237 e. The second-order valence-corrected chi connectivity index (χ2v) is 6.96. The van der Waals surface area contributed by atoms with Crippen LogP contribution in [-0.2, 0) is 10.0 Å². The van der Waals surface area contributed by atoms with Crippen LogP contribution >= 0.6 is 15.9 Å². The molecule has 102 valence electrons. The topological polar surface area (TPSA) is 52.0 Å². The number of hydrogen-bond donors (Lipinski definition) is 0. The number of pyridine rings is 1. The fourth-order valence-electron chi connectivity index (χ4n) is 1.92. The van der Waals surface area contributed by atoms with Crippen LogP contribution < -0.4 is 0 Å². The lowest BCUT2D eigenvalue weighted by Gasteiger charge is -2.06. The van der Waals surface area contributed by atoms with Crippen LogP contribution in [0.5, 0.6) is 0 Å². The molecule has 2 heterocycles. The minimum Gasteiger partial charge on any atom is -0.237 e. The van der Waals surface area contributed by atoms with Gasteiger partial charge >= 0.3 is 0 Å². The summed E-state index contributed by atoms with van der Waals surface area (Å²) in [5.74, 6) is 0. The molecule has 2 aromatic heterocycles. The van der Waals surface area contributed by atoms with E-state index in [4.69, 9.17) is 1.37 Å². The number of halogens is 1. The van der Waals surface area contributed by atoms with Crippen molar-refractivity contribution in [2.45, 2.75) is 11.8 Å². The highest BCUT2D eigenvalue weighted by Gasteiger charge is 2.21. The molecule has 20 heavy (non-hydrogen) atoms. The van der Waals surface area contributed by atoms with Crippen molar-refractivity contribution in [3.05, 3.63) is 58.8 Å². The number of rotatable bonds is 2. The Morgan fingerprint density at radius 2 is 1.95 bits per heavy atom. The average molecular weight is 352 g/mol. The van der Waals surface area contributed by atoms with E-state index in [0.717, 1.165) is 9.54 Å². The molecule has 0 saturated carbocycles. The zero-order valence-corrected chi connectivity index (χ0v) is 12.9. The Morgan fingerprint density at radius 3 is 2.65 bits per heavy atom. The summed E-state index contributed by atoms with van der Waals surface area (Å²) in [4.78, 5) is 4.24. The molecule has 0 atom stereocenters. The molecule has 0 aliphatic heterocycles. The maximum absolute atomic E-state index is 12.8. The highest BCUT2D eigenvalue weighted by molar-refractivity contribution is 9.10. The first-order valence-electron chi connectivity index (χ1n) is 6.36. The van der Waals surface area contributed by atoms with E-state index < -0.39 is 10.0 Å². The first kappa shape index (κ1) is 12.1. The third kappa shape index (κ3) is 2.05. The molecule has 3 rings (SSSR count). The van der Waals surface area contributed by atoms with Gasteiger partial charge in [0.2, 0.25) is 0 Å². The van der Waals surface area contributed by atoms with Gasteiger partial charge in [-0.1, -0.05) is 17.7 Å². The number of aryl methyl sites for hydroxylation is 1. The molecule has 6 heteroatoms. The average Bonchev–Trinajstić information content (AvgIpc) is 2.72. The fourth-order valence-corrected chi connectivity index (χ4v) is 3.80. The SMILES string of the molecule is [2H]c1c(Br)c2cccnc2n1S(=O)(=O)c1ccc(C)cc1. The minimum absolute atomic E-state index is 0.135. The molecule has 0 fully saturated rings. The van der Waals surface area contributed by atoms with Gasteiger partial charge in [0, 0.05) is 22.2 Å². The molecule has 4 nitrogen and oxygen atoms in total. The lowest BCUT2D eigenvalue weighted by atomic mass is 10.2. The van der Waals surface area contributed by atoms with Crippen LogP contribution in [0.15, 0.2) is 58.1 Å². The number of hydrogen-bond acceptors (Lipinski definition) is 3. The van der Waals surface area contributed by atoms with E-state index in [0.29, 0.717) is 9.86 Å². The first-order chi connectivity index (χ1) is 9.93. The maximum Gasteiger partial charge on any atom is 0.269 e. The molecule has 0 unspecified atom stereocenters. The van der Waals surface area contributed by atoms with Crippen LogP contribution in [0.25, 0.3) is 11.0 Å². The Morgan fingerprint density at radius 1 is 1.25 bits per heavy atom. The van der Waals surface area contributed by atoms with Crippen molar-refractivity contribution in [1.29, 1.82) is 0 Å². The van der Waals surface area contributed by atoms with Crippen molar-refractivity contribution in [1.82, 2.24) is 8.96 Å². The van der Waals surface area contributed by atoms with E-state index in [1.54, 1.807) is 24.3 Å². The second kappa shape index (κ2) is 4.71. The van der Waals surface area contributed by atoms with Crippen LogP contribution in [-0.4, -0.2) is 17.4 Å². The molecule has 0 radical (unpaired) electrons. The Balaban J connectivity index is 2.34. The summed E-state index contributed by atoms with van der Waals surface area (Å²) in [6, 6.07) is 9.95. The second-order valence-electron chi connectivity index (χ2n) is 4.38. The van der Waals surface area contributed by atoms with Gasteiger partial charge in [0.25, 0.3) is 10.0 Å². The van der Waals surface area contributed by atoms with Crippen LogP contribution in [0.2, 0.25) is 0 Å². The van der Waals surface area contributed by atoms with Gasteiger partial charge in [-0.3, -0.25) is 0 Å². The van der Waals surface area contributed by atoms with Crippen LogP contribution in [0.1, 0.15) is 6.93 Å². The summed E-state index contributed by atoms with van der Waals surface area (Å²) >= 11 is 3.27. The van der Waals surface area contributed by atoms with E-state index in [-0.39, 0.29) is 16.7 Å². The summed E-state index contributed by atoms with van der Waals surface area (Å²) in [7, 11) is -3.86. The molecule has 0 aliphatic carbocycles. The normalized spacial score (nSPS) is 12.6. The van der Waals surface area contributed by atoms with E-state index >= 15 is 0 Å². The fraction of sp³-hybridized carbons (Fsp3) is 0.0714. The molecule has 0 amide bonds. The van der Waals surface area contributed by atoms with E-state index in [1.165, 1.54) is 18.3 Å². The van der Waals surface area contributed by atoms with Crippen molar-refractivity contribution in [3.8, 4) is 0 Å². The molecular weight excluding hydrogens is 340 g/mol. The van der Waals surface area contributed by atoms with Crippen LogP contribution in [0, 0.1) is 6.92 Å². The Kier molecular flexibility index (Phi) is 2.85. The minimum atomic E-state index is -3.86. The van der Waals surface area contributed by atoms with Gasteiger partial charge in [-0.25, -0.2) is 17.4 Å². The van der Waals surface area contributed by atoms with Crippen molar-refractivity contribution in [3.63, 3.8) is 0 Å². The third-order valence-electron chi connectivity index (χ3n) is 2.97. The van der Waals surface area contributed by atoms with E-state index in [2.05, 4.69) is 20.9 Å². The summed E-state index contributed by atoms with van der Waals surface area (Å²) in [6.07, 6.45) is 1.37. The Hall–Kier alpha value is -1.66. The number of fused-ring (bicyclic) bond motifs is 1. The predicted molar refractivity (Wildman–Crippen MR) is 81.2 cm³/mol. The lowest BCUT2D eigenvalue weighted by Crippen LogP contribution is -2.12. The van der Waals surface area contributed by atoms with E-state index in [9.17, 15) is 8.42 Å². The standard InChI is InChI=1S/C14H11BrN2O2S/c1-10-4-6-11(7-5-10)20(18,19)17-9-13(15)12-3-2-8-16-14(12)17/h2-9H,1H3/i9D. The molecule has 0 bridgehead atoms. The van der Waals surface area contributed by atoms with Gasteiger partial charge in [-0.2, -0.15) is 0 Å². The van der Waals surface area contributed by atoms with Gasteiger partial charge in [0.15, 0.2) is 5.65 Å². The van der Waals surface area contributed by atoms with Crippen molar-refractivity contribution < 1.29 is 9.79 Å². The number of nitrogens with zero attached hydrogens (tertiary/aromatic N) is 2. The van der Waals surface area contributed by atoms with Crippen LogP contribution in [0.4, 0.5) is 0 Å². The molecule has 3 aromatic rings. The maximum atomic E-state index is 12.8. The zero-order valence-electron chi connectivity index (χ0n) is 11.5.